The molecule has 182 valence electrons. The Hall–Kier alpha value is -3.02. The number of nitro benzene ring substituents is 1. The first kappa shape index (κ1) is 26.6. The third-order valence-electron chi connectivity index (χ3n) is 4.63. The number of sulfonamides is 1. The van der Waals surface area contributed by atoms with Gasteiger partial charge in [-0.3, -0.25) is 14.9 Å². The van der Waals surface area contributed by atoms with Crippen LogP contribution in [0.15, 0.2) is 76.7 Å². The molecule has 3 aromatic rings. The highest BCUT2D eigenvalue weighted by molar-refractivity contribution is 7.89. The SMILES string of the molecule is O=C(CN(Cc1ccc(Cl)cc1)S(=O)(=O)c1ccc(Cl)cc1)N/N=C\c1cc([N+](=O)[O-])ccc1Cl. The highest BCUT2D eigenvalue weighted by atomic mass is 35.5. The van der Waals surface area contributed by atoms with E-state index in [1.807, 2.05) is 0 Å². The maximum Gasteiger partial charge on any atom is 0.270 e. The fourth-order valence-electron chi connectivity index (χ4n) is 2.89. The van der Waals surface area contributed by atoms with E-state index in [-0.39, 0.29) is 27.7 Å². The zero-order valence-electron chi connectivity index (χ0n) is 17.8. The normalized spacial score (nSPS) is 11.7. The maximum atomic E-state index is 13.2. The molecule has 0 aliphatic carbocycles. The molecule has 0 radical (unpaired) electrons. The Balaban J connectivity index is 1.80. The second-order valence-electron chi connectivity index (χ2n) is 7.11. The molecule has 0 aromatic heterocycles. The molecule has 0 saturated heterocycles. The van der Waals surface area contributed by atoms with Gasteiger partial charge in [0.15, 0.2) is 0 Å². The molecular formula is C22H17Cl3N4O5S. The molecule has 35 heavy (non-hydrogen) atoms. The Morgan fingerprint density at radius 1 is 1.00 bits per heavy atom. The maximum absolute atomic E-state index is 13.2. The van der Waals surface area contributed by atoms with Crippen LogP contribution in [0, 0.1) is 10.1 Å². The number of carbonyl (C=O) groups is 1. The van der Waals surface area contributed by atoms with Crippen molar-refractivity contribution in [1.29, 1.82) is 0 Å². The van der Waals surface area contributed by atoms with Crippen molar-refractivity contribution in [2.45, 2.75) is 11.4 Å². The lowest BCUT2D eigenvalue weighted by atomic mass is 10.2. The fourth-order valence-corrected chi connectivity index (χ4v) is 4.69. The van der Waals surface area contributed by atoms with Crippen LogP contribution in [-0.2, 0) is 21.4 Å². The van der Waals surface area contributed by atoms with E-state index in [4.69, 9.17) is 34.8 Å². The van der Waals surface area contributed by atoms with Gasteiger partial charge in [0.25, 0.3) is 11.6 Å². The fraction of sp³-hybridized carbons (Fsp3) is 0.0909. The minimum absolute atomic E-state index is 0.0458. The first-order chi connectivity index (χ1) is 16.6. The first-order valence-corrected chi connectivity index (χ1v) is 12.4. The average Bonchev–Trinajstić information content (AvgIpc) is 2.81. The lowest BCUT2D eigenvalue weighted by Crippen LogP contribution is -2.39. The summed E-state index contributed by atoms with van der Waals surface area (Å²) in [7, 11) is -4.09. The number of hydrazone groups is 1. The van der Waals surface area contributed by atoms with Crippen LogP contribution in [0.5, 0.6) is 0 Å². The van der Waals surface area contributed by atoms with Crippen molar-refractivity contribution in [3.05, 3.63) is 103 Å². The summed E-state index contributed by atoms with van der Waals surface area (Å²) in [6.07, 6.45) is 1.13. The summed E-state index contributed by atoms with van der Waals surface area (Å²) in [6, 6.07) is 15.8. The number of nitrogens with zero attached hydrogens (tertiary/aromatic N) is 3. The summed E-state index contributed by atoms with van der Waals surface area (Å²) in [4.78, 5) is 22.9. The van der Waals surface area contributed by atoms with Gasteiger partial charge in [0, 0.05) is 39.3 Å². The van der Waals surface area contributed by atoms with Crippen molar-refractivity contribution >= 4 is 62.6 Å². The summed E-state index contributed by atoms with van der Waals surface area (Å²) >= 11 is 17.8. The molecule has 0 atom stereocenters. The summed E-state index contributed by atoms with van der Waals surface area (Å²) in [5.41, 5.74) is 2.82. The predicted molar refractivity (Wildman–Crippen MR) is 134 cm³/mol. The number of hydrogen-bond donors (Lipinski definition) is 1. The van der Waals surface area contributed by atoms with Crippen LogP contribution < -0.4 is 5.43 Å². The van der Waals surface area contributed by atoms with Crippen molar-refractivity contribution in [3.63, 3.8) is 0 Å². The van der Waals surface area contributed by atoms with Crippen LogP contribution in [0.1, 0.15) is 11.1 Å². The quantitative estimate of drug-likeness (QED) is 0.229. The van der Waals surface area contributed by atoms with Crippen molar-refractivity contribution in [1.82, 2.24) is 9.73 Å². The number of halogens is 3. The molecule has 13 heteroatoms. The zero-order chi connectivity index (χ0) is 25.6. The first-order valence-electron chi connectivity index (χ1n) is 9.82. The van der Waals surface area contributed by atoms with Crippen molar-refractivity contribution in [2.75, 3.05) is 6.54 Å². The number of amides is 1. The molecule has 1 N–H and O–H groups in total. The van der Waals surface area contributed by atoms with E-state index in [2.05, 4.69) is 10.5 Å². The lowest BCUT2D eigenvalue weighted by Gasteiger charge is -2.21. The Labute approximate surface area is 216 Å². The van der Waals surface area contributed by atoms with E-state index in [0.717, 1.165) is 10.5 Å². The molecule has 0 spiro atoms. The van der Waals surface area contributed by atoms with E-state index in [0.29, 0.717) is 15.6 Å². The van der Waals surface area contributed by atoms with Gasteiger partial charge in [-0.2, -0.15) is 9.41 Å². The molecule has 0 saturated carbocycles. The third-order valence-corrected chi connectivity index (χ3v) is 7.28. The number of rotatable bonds is 9. The van der Waals surface area contributed by atoms with Gasteiger partial charge < -0.3 is 0 Å². The minimum atomic E-state index is -4.09. The monoisotopic (exact) mass is 554 g/mol. The second-order valence-corrected chi connectivity index (χ2v) is 10.3. The second kappa shape index (κ2) is 11.6. The smallest absolute Gasteiger partial charge is 0.270 e. The summed E-state index contributed by atoms with van der Waals surface area (Å²) in [6.45, 7) is -0.677. The molecular weight excluding hydrogens is 539 g/mol. The molecule has 0 fully saturated rings. The highest BCUT2D eigenvalue weighted by Crippen LogP contribution is 2.22. The molecule has 3 aromatic carbocycles. The van der Waals surface area contributed by atoms with Crippen LogP contribution >= 0.6 is 34.8 Å². The lowest BCUT2D eigenvalue weighted by molar-refractivity contribution is -0.384. The van der Waals surface area contributed by atoms with Crippen molar-refractivity contribution in [2.24, 2.45) is 5.10 Å². The van der Waals surface area contributed by atoms with Gasteiger partial charge in [0.1, 0.15) is 0 Å². The van der Waals surface area contributed by atoms with Crippen LogP contribution in [0.2, 0.25) is 15.1 Å². The van der Waals surface area contributed by atoms with Gasteiger partial charge in [0.05, 0.1) is 22.6 Å². The number of non-ortho nitro benzene ring substituents is 1. The molecule has 0 bridgehead atoms. The average molecular weight is 556 g/mol. The van der Waals surface area contributed by atoms with Crippen LogP contribution in [0.25, 0.3) is 0 Å². The Morgan fingerprint density at radius 3 is 2.20 bits per heavy atom. The molecule has 9 nitrogen and oxygen atoms in total. The Kier molecular flexibility index (Phi) is 8.82. The predicted octanol–water partition coefficient (Wildman–Crippen LogP) is 4.90. The Morgan fingerprint density at radius 2 is 1.60 bits per heavy atom. The van der Waals surface area contributed by atoms with E-state index < -0.39 is 27.4 Å². The summed E-state index contributed by atoms with van der Waals surface area (Å²) < 4.78 is 27.5. The summed E-state index contributed by atoms with van der Waals surface area (Å²) in [5, 5.41) is 15.7. The van der Waals surface area contributed by atoms with Gasteiger partial charge in [-0.1, -0.05) is 46.9 Å². The highest BCUT2D eigenvalue weighted by Gasteiger charge is 2.27. The number of hydrogen-bond acceptors (Lipinski definition) is 6. The number of nitrogens with one attached hydrogen (secondary N) is 1. The number of benzene rings is 3. The minimum Gasteiger partial charge on any atom is -0.272 e. The van der Waals surface area contributed by atoms with Crippen LogP contribution in [0.4, 0.5) is 5.69 Å². The molecule has 0 aliphatic heterocycles. The number of nitro groups is 1. The van der Waals surface area contributed by atoms with Gasteiger partial charge >= 0.3 is 0 Å². The van der Waals surface area contributed by atoms with Crippen LogP contribution in [-0.4, -0.2) is 36.3 Å². The topological polar surface area (TPSA) is 122 Å². The molecule has 1 amide bonds. The van der Waals surface area contributed by atoms with Crippen molar-refractivity contribution < 1.29 is 18.1 Å². The Bertz CT molecular complexity index is 1360. The van der Waals surface area contributed by atoms with E-state index in [1.165, 1.54) is 42.5 Å². The van der Waals surface area contributed by atoms with Gasteiger partial charge in [-0.05, 0) is 48.0 Å². The molecule has 0 unspecified atom stereocenters. The molecule has 0 aliphatic rings. The van der Waals surface area contributed by atoms with Crippen molar-refractivity contribution in [3.8, 4) is 0 Å². The van der Waals surface area contributed by atoms with E-state index in [9.17, 15) is 23.3 Å². The third kappa shape index (κ3) is 7.23. The zero-order valence-corrected chi connectivity index (χ0v) is 20.9. The summed E-state index contributed by atoms with van der Waals surface area (Å²) in [5.74, 6) is -0.741. The van der Waals surface area contributed by atoms with Crippen LogP contribution in [0.3, 0.4) is 0 Å². The standard InChI is InChI=1S/C22H17Cl3N4O5S/c23-17-3-1-15(2-4-17)13-28(35(33,34)20-8-5-18(24)6-9-20)14-22(30)27-26-12-16-11-19(29(31)32)7-10-21(16)25/h1-12H,13-14H2,(H,27,30)/b26-12-. The molecule has 3 rings (SSSR count). The van der Waals surface area contributed by atoms with E-state index in [1.54, 1.807) is 24.3 Å². The molecule has 0 heterocycles. The van der Waals surface area contributed by atoms with Gasteiger partial charge in [-0.15, -0.1) is 0 Å². The van der Waals surface area contributed by atoms with Gasteiger partial charge in [0.2, 0.25) is 10.0 Å². The number of carbonyl (C=O) groups excluding carboxylic acids is 1. The van der Waals surface area contributed by atoms with Gasteiger partial charge in [-0.25, -0.2) is 13.8 Å². The largest absolute Gasteiger partial charge is 0.272 e. The van der Waals surface area contributed by atoms with E-state index >= 15 is 0 Å².